The van der Waals surface area contributed by atoms with Gasteiger partial charge in [-0.05, 0) is 67.6 Å². The van der Waals surface area contributed by atoms with Gasteiger partial charge in [0.15, 0.2) is 0 Å². The van der Waals surface area contributed by atoms with Gasteiger partial charge in [0.05, 0.1) is 17.3 Å². The molecule has 0 saturated carbocycles. The van der Waals surface area contributed by atoms with E-state index in [2.05, 4.69) is 5.32 Å². The number of imide groups is 2. The van der Waals surface area contributed by atoms with Crippen LogP contribution < -0.4 is 15.0 Å². The van der Waals surface area contributed by atoms with E-state index < -0.39 is 17.8 Å². The van der Waals surface area contributed by atoms with Crippen LogP contribution in [-0.2, 0) is 9.59 Å². The lowest BCUT2D eigenvalue weighted by Gasteiger charge is -2.26. The Balaban J connectivity index is 1.64. The number of carbonyl (C=O) groups is 3. The van der Waals surface area contributed by atoms with Crippen LogP contribution in [0.3, 0.4) is 0 Å². The van der Waals surface area contributed by atoms with Gasteiger partial charge in [0.25, 0.3) is 11.8 Å². The fourth-order valence-corrected chi connectivity index (χ4v) is 3.66. The van der Waals surface area contributed by atoms with Crippen LogP contribution in [0.2, 0.25) is 10.0 Å². The van der Waals surface area contributed by atoms with Crippen LogP contribution in [-0.4, -0.2) is 24.5 Å². The fourth-order valence-electron chi connectivity index (χ4n) is 3.16. The zero-order chi connectivity index (χ0) is 22.8. The number of anilines is 1. The number of hydrogen-bond acceptors (Lipinski definition) is 5. The standard InChI is InChI=1S/C23H16Cl2N2O5/c1-2-31-15-6-4-14(5-7-15)27-22(29)18(21(28)26-23(27)30)12-16-8-10-20(32-16)17-9-3-13(24)11-19(17)25/h3-12H,2H2,1H3,(H,26,28,30)/b18-12-. The zero-order valence-electron chi connectivity index (χ0n) is 16.7. The second-order valence-electron chi connectivity index (χ2n) is 6.71. The van der Waals surface area contributed by atoms with Gasteiger partial charge in [0.1, 0.15) is 22.8 Å². The molecule has 9 heteroatoms. The summed E-state index contributed by atoms with van der Waals surface area (Å²) in [6, 6.07) is 13.7. The summed E-state index contributed by atoms with van der Waals surface area (Å²) >= 11 is 12.1. The Morgan fingerprint density at radius 1 is 1.03 bits per heavy atom. The molecule has 1 saturated heterocycles. The molecular weight excluding hydrogens is 455 g/mol. The van der Waals surface area contributed by atoms with E-state index in [9.17, 15) is 14.4 Å². The van der Waals surface area contributed by atoms with Gasteiger partial charge in [-0.15, -0.1) is 0 Å². The maximum absolute atomic E-state index is 13.0. The van der Waals surface area contributed by atoms with E-state index in [0.717, 1.165) is 4.90 Å². The highest BCUT2D eigenvalue weighted by molar-refractivity contribution is 6.39. The number of barbiturate groups is 1. The van der Waals surface area contributed by atoms with Gasteiger partial charge in [-0.1, -0.05) is 23.2 Å². The average molecular weight is 471 g/mol. The molecule has 1 N–H and O–H groups in total. The second-order valence-corrected chi connectivity index (χ2v) is 7.55. The van der Waals surface area contributed by atoms with Crippen LogP contribution in [0.5, 0.6) is 5.75 Å². The maximum atomic E-state index is 13.0. The summed E-state index contributed by atoms with van der Waals surface area (Å²) in [5, 5.41) is 3.05. The third kappa shape index (κ3) is 4.26. The zero-order valence-corrected chi connectivity index (χ0v) is 18.2. The largest absolute Gasteiger partial charge is 0.494 e. The SMILES string of the molecule is CCOc1ccc(N2C(=O)NC(=O)/C(=C/c3ccc(-c4ccc(Cl)cc4Cl)o3)C2=O)cc1. The molecule has 0 radical (unpaired) electrons. The van der Waals surface area contributed by atoms with E-state index in [1.807, 2.05) is 6.92 Å². The average Bonchev–Trinajstić information content (AvgIpc) is 3.21. The topological polar surface area (TPSA) is 88.8 Å². The summed E-state index contributed by atoms with van der Waals surface area (Å²) in [6.07, 6.45) is 1.28. The van der Waals surface area contributed by atoms with Crippen LogP contribution in [0.1, 0.15) is 12.7 Å². The smallest absolute Gasteiger partial charge is 0.335 e. The van der Waals surface area contributed by atoms with Gasteiger partial charge in [-0.2, -0.15) is 0 Å². The van der Waals surface area contributed by atoms with Crippen molar-refractivity contribution in [1.82, 2.24) is 5.32 Å². The molecule has 2 aromatic carbocycles. The summed E-state index contributed by atoms with van der Waals surface area (Å²) in [5.41, 5.74) is 0.648. The lowest BCUT2D eigenvalue weighted by Crippen LogP contribution is -2.54. The third-order valence-corrected chi connectivity index (χ3v) is 5.17. The number of amides is 4. The molecule has 0 unspecified atom stereocenters. The highest BCUT2D eigenvalue weighted by Crippen LogP contribution is 2.32. The molecule has 0 bridgehead atoms. The Kier molecular flexibility index (Phi) is 6.03. The molecule has 162 valence electrons. The van der Waals surface area contributed by atoms with Gasteiger partial charge in [-0.3, -0.25) is 14.9 Å². The Morgan fingerprint density at radius 3 is 2.47 bits per heavy atom. The van der Waals surface area contributed by atoms with Crippen LogP contribution >= 0.6 is 23.2 Å². The fraction of sp³-hybridized carbons (Fsp3) is 0.0870. The molecule has 0 aliphatic carbocycles. The number of nitrogens with zero attached hydrogens (tertiary/aromatic N) is 1. The molecule has 1 fully saturated rings. The van der Waals surface area contributed by atoms with Gasteiger partial charge < -0.3 is 9.15 Å². The first-order valence-corrected chi connectivity index (χ1v) is 10.3. The monoisotopic (exact) mass is 470 g/mol. The molecule has 0 spiro atoms. The maximum Gasteiger partial charge on any atom is 0.335 e. The first-order chi connectivity index (χ1) is 15.4. The van der Waals surface area contributed by atoms with E-state index >= 15 is 0 Å². The second kappa shape index (κ2) is 8.90. The van der Waals surface area contributed by atoms with E-state index in [4.69, 9.17) is 32.4 Å². The predicted molar refractivity (Wildman–Crippen MR) is 121 cm³/mol. The summed E-state index contributed by atoms with van der Waals surface area (Å²) in [6.45, 7) is 2.33. The van der Waals surface area contributed by atoms with Crippen molar-refractivity contribution in [2.24, 2.45) is 0 Å². The van der Waals surface area contributed by atoms with E-state index in [0.29, 0.717) is 39.4 Å². The van der Waals surface area contributed by atoms with Crippen LogP contribution in [0.25, 0.3) is 17.4 Å². The Hall–Kier alpha value is -3.55. The molecule has 0 atom stereocenters. The van der Waals surface area contributed by atoms with E-state index in [-0.39, 0.29) is 11.3 Å². The molecule has 4 amide bonds. The first-order valence-electron chi connectivity index (χ1n) is 9.57. The molecule has 1 aromatic heterocycles. The van der Waals surface area contributed by atoms with Crippen LogP contribution in [0, 0.1) is 0 Å². The minimum Gasteiger partial charge on any atom is -0.494 e. The molecule has 7 nitrogen and oxygen atoms in total. The quantitative estimate of drug-likeness (QED) is 0.402. The van der Waals surface area contributed by atoms with Crippen LogP contribution in [0.15, 0.2) is 64.6 Å². The van der Waals surface area contributed by atoms with Crippen molar-refractivity contribution < 1.29 is 23.5 Å². The Morgan fingerprint density at radius 2 is 1.78 bits per heavy atom. The first kappa shape index (κ1) is 21.7. The van der Waals surface area contributed by atoms with E-state index in [1.54, 1.807) is 54.6 Å². The molecule has 2 heterocycles. The van der Waals surface area contributed by atoms with Crippen molar-refractivity contribution >= 4 is 52.8 Å². The molecule has 32 heavy (non-hydrogen) atoms. The number of rotatable bonds is 5. The van der Waals surface area contributed by atoms with Gasteiger partial charge in [-0.25, -0.2) is 9.69 Å². The minimum absolute atomic E-state index is 0.241. The molecule has 1 aliphatic rings. The highest BCUT2D eigenvalue weighted by atomic mass is 35.5. The van der Waals surface area contributed by atoms with Crippen molar-refractivity contribution in [1.29, 1.82) is 0 Å². The normalized spacial score (nSPS) is 15.3. The number of carbonyl (C=O) groups excluding carboxylic acids is 3. The summed E-state index contributed by atoms with van der Waals surface area (Å²) in [5.74, 6) is -0.320. The van der Waals surface area contributed by atoms with Crippen molar-refractivity contribution in [3.63, 3.8) is 0 Å². The lowest BCUT2D eigenvalue weighted by molar-refractivity contribution is -0.122. The molecule has 4 rings (SSSR count). The van der Waals surface area contributed by atoms with Crippen molar-refractivity contribution in [2.75, 3.05) is 11.5 Å². The number of hydrogen-bond donors (Lipinski definition) is 1. The summed E-state index contributed by atoms with van der Waals surface area (Å²) in [4.78, 5) is 38.6. The van der Waals surface area contributed by atoms with Gasteiger partial charge in [0.2, 0.25) is 0 Å². The van der Waals surface area contributed by atoms with Crippen molar-refractivity contribution in [3.05, 3.63) is 76.0 Å². The van der Waals surface area contributed by atoms with Crippen LogP contribution in [0.4, 0.5) is 10.5 Å². The Bertz CT molecular complexity index is 1250. The molecule has 1 aliphatic heterocycles. The highest BCUT2D eigenvalue weighted by Gasteiger charge is 2.37. The van der Waals surface area contributed by atoms with Crippen molar-refractivity contribution in [3.8, 4) is 17.1 Å². The number of halogens is 2. The summed E-state index contributed by atoms with van der Waals surface area (Å²) < 4.78 is 11.1. The third-order valence-electron chi connectivity index (χ3n) is 4.62. The Labute approximate surface area is 193 Å². The number of furan rings is 1. The molecular formula is C23H16Cl2N2O5. The number of benzene rings is 2. The minimum atomic E-state index is -0.839. The number of nitrogens with one attached hydrogen (secondary N) is 1. The van der Waals surface area contributed by atoms with Crippen molar-refractivity contribution in [2.45, 2.75) is 6.92 Å². The van der Waals surface area contributed by atoms with Gasteiger partial charge >= 0.3 is 6.03 Å². The van der Waals surface area contributed by atoms with Gasteiger partial charge in [0, 0.05) is 10.6 Å². The summed E-state index contributed by atoms with van der Waals surface area (Å²) in [7, 11) is 0. The lowest BCUT2D eigenvalue weighted by atomic mass is 10.1. The molecule has 3 aromatic rings. The number of ether oxygens (including phenoxy) is 1. The predicted octanol–water partition coefficient (Wildman–Crippen LogP) is 5.32. The number of urea groups is 1. The van der Waals surface area contributed by atoms with E-state index in [1.165, 1.54) is 6.08 Å².